The Morgan fingerprint density at radius 2 is 2.08 bits per heavy atom. The molecular weight excluding hydrogens is 154 g/mol. The molecular formula is C9H8NO2+. The molecule has 0 saturated carbocycles. The number of benzene rings is 1. The first-order valence-electron chi connectivity index (χ1n) is 3.58. The summed E-state index contributed by atoms with van der Waals surface area (Å²) in [6.07, 6.45) is 0. The second-order valence-corrected chi connectivity index (χ2v) is 2.59. The first-order valence-corrected chi connectivity index (χ1v) is 3.58. The van der Waals surface area contributed by atoms with Gasteiger partial charge in [-0.2, -0.15) is 0 Å². The van der Waals surface area contributed by atoms with Crippen LogP contribution < -0.4 is 5.56 Å². The van der Waals surface area contributed by atoms with E-state index < -0.39 is 0 Å². The number of phenols is 1. The Kier molecular flexibility index (Phi) is 1.37. The molecule has 1 heterocycles. The highest BCUT2D eigenvalue weighted by atomic mass is 16.3. The Bertz CT molecular complexity index is 478. The van der Waals surface area contributed by atoms with E-state index in [1.165, 1.54) is 12.1 Å². The lowest BCUT2D eigenvalue weighted by Gasteiger charge is -1.96. The highest BCUT2D eigenvalue weighted by Gasteiger charge is 1.94. The molecule has 0 atom stereocenters. The summed E-state index contributed by atoms with van der Waals surface area (Å²) in [5, 5.41) is 9.94. The normalized spacial score (nSPS) is 10.3. The van der Waals surface area contributed by atoms with Crippen LogP contribution >= 0.6 is 0 Å². The van der Waals surface area contributed by atoms with Crippen molar-refractivity contribution in [2.45, 2.75) is 0 Å². The van der Waals surface area contributed by atoms with Gasteiger partial charge in [-0.05, 0) is 24.3 Å². The zero-order chi connectivity index (χ0) is 8.55. The molecule has 12 heavy (non-hydrogen) atoms. The Balaban J connectivity index is 0.000000845. The van der Waals surface area contributed by atoms with E-state index in [1.807, 2.05) is 0 Å². The smallest absolute Gasteiger partial charge is 0.508 e. The highest BCUT2D eigenvalue weighted by molar-refractivity contribution is 5.79. The van der Waals surface area contributed by atoms with Gasteiger partial charge in [-0.3, -0.25) is 4.79 Å². The number of hydrogen-bond acceptors (Lipinski definition) is 2. The lowest BCUT2D eigenvalue weighted by molar-refractivity contribution is 0.476. The molecule has 1 aromatic heterocycles. The molecule has 0 radical (unpaired) electrons. The number of rotatable bonds is 0. The number of pyridine rings is 1. The quantitative estimate of drug-likeness (QED) is 0.614. The summed E-state index contributed by atoms with van der Waals surface area (Å²) in [5.41, 5.74) is 0.605. The van der Waals surface area contributed by atoms with Crippen molar-refractivity contribution in [3.8, 4) is 5.75 Å². The summed E-state index contributed by atoms with van der Waals surface area (Å²) in [6.45, 7) is 0. The van der Waals surface area contributed by atoms with Gasteiger partial charge in [0.25, 0.3) is 0 Å². The minimum Gasteiger partial charge on any atom is -0.508 e. The van der Waals surface area contributed by atoms with E-state index in [0.717, 1.165) is 10.9 Å². The Hall–Kier alpha value is -1.77. The summed E-state index contributed by atoms with van der Waals surface area (Å²) < 4.78 is 0. The monoisotopic (exact) mass is 162 g/mol. The van der Waals surface area contributed by atoms with Crippen molar-refractivity contribution in [1.29, 1.82) is 0 Å². The average molecular weight is 162 g/mol. The fourth-order valence-corrected chi connectivity index (χ4v) is 1.14. The van der Waals surface area contributed by atoms with Crippen LogP contribution in [0.15, 0.2) is 35.1 Å². The number of H-pyrrole nitrogens is 1. The SMILES string of the molecule is O=c1ccc2cc(O)ccc2[nH]1.[H+]. The van der Waals surface area contributed by atoms with Crippen LogP contribution in [-0.2, 0) is 0 Å². The van der Waals surface area contributed by atoms with E-state index in [-0.39, 0.29) is 12.7 Å². The first kappa shape index (κ1) is 6.91. The van der Waals surface area contributed by atoms with E-state index >= 15 is 0 Å². The van der Waals surface area contributed by atoms with Gasteiger partial charge in [-0.1, -0.05) is 0 Å². The van der Waals surface area contributed by atoms with Gasteiger partial charge < -0.3 is 10.1 Å². The standard InChI is InChI=1S/C9H7NO2/c11-7-2-3-8-6(5-7)1-4-9(12)10-8/h1-5,11H,(H,10,12)/p+1. The number of aromatic hydroxyl groups is 1. The second kappa shape index (κ2) is 2.37. The molecule has 1 aromatic carbocycles. The van der Waals surface area contributed by atoms with Crippen LogP contribution in [0.4, 0.5) is 0 Å². The summed E-state index contributed by atoms with van der Waals surface area (Å²) >= 11 is 0. The van der Waals surface area contributed by atoms with Crippen LogP contribution in [-0.4, -0.2) is 10.1 Å². The van der Waals surface area contributed by atoms with Crippen molar-refractivity contribution in [2.24, 2.45) is 0 Å². The van der Waals surface area contributed by atoms with E-state index in [9.17, 15) is 4.79 Å². The molecule has 0 aliphatic heterocycles. The molecule has 0 bridgehead atoms. The number of phenolic OH excluding ortho intramolecular Hbond substituents is 1. The van der Waals surface area contributed by atoms with Crippen LogP contribution in [0.25, 0.3) is 10.9 Å². The third kappa shape index (κ3) is 1.05. The number of nitrogens with one attached hydrogen (secondary N) is 1. The van der Waals surface area contributed by atoms with Gasteiger partial charge in [0.05, 0.1) is 0 Å². The molecule has 0 amide bonds. The molecule has 0 saturated heterocycles. The maximum absolute atomic E-state index is 10.9. The molecule has 0 unspecified atom stereocenters. The molecule has 3 nitrogen and oxygen atoms in total. The maximum atomic E-state index is 10.9. The predicted molar refractivity (Wildman–Crippen MR) is 47.3 cm³/mol. The first-order chi connectivity index (χ1) is 5.75. The van der Waals surface area contributed by atoms with E-state index in [1.54, 1.807) is 18.2 Å². The van der Waals surface area contributed by atoms with Crippen LogP contribution in [0.2, 0.25) is 0 Å². The number of fused-ring (bicyclic) bond motifs is 1. The van der Waals surface area contributed by atoms with Crippen LogP contribution in [0.5, 0.6) is 5.75 Å². The molecule has 0 aliphatic rings. The summed E-state index contributed by atoms with van der Waals surface area (Å²) in [5.74, 6) is 0.203. The Morgan fingerprint density at radius 3 is 2.92 bits per heavy atom. The van der Waals surface area contributed by atoms with E-state index in [4.69, 9.17) is 5.11 Å². The fraction of sp³-hybridized carbons (Fsp3) is 0. The minimum absolute atomic E-state index is 0. The van der Waals surface area contributed by atoms with Crippen molar-refractivity contribution in [3.05, 3.63) is 40.7 Å². The lowest BCUT2D eigenvalue weighted by atomic mass is 10.2. The van der Waals surface area contributed by atoms with Crippen LogP contribution in [0.1, 0.15) is 1.43 Å². The van der Waals surface area contributed by atoms with Gasteiger partial charge in [0.1, 0.15) is 5.75 Å². The van der Waals surface area contributed by atoms with Crippen molar-refractivity contribution < 1.29 is 6.53 Å². The van der Waals surface area contributed by atoms with Gasteiger partial charge in [0.2, 0.25) is 5.56 Å². The molecule has 2 N–H and O–H groups in total. The summed E-state index contributed by atoms with van der Waals surface area (Å²) in [4.78, 5) is 13.5. The molecule has 3 heteroatoms. The molecule has 0 aliphatic carbocycles. The van der Waals surface area contributed by atoms with Crippen molar-refractivity contribution in [2.75, 3.05) is 0 Å². The van der Waals surface area contributed by atoms with Crippen LogP contribution in [0.3, 0.4) is 0 Å². The topological polar surface area (TPSA) is 53.1 Å². The highest BCUT2D eigenvalue weighted by Crippen LogP contribution is 2.15. The van der Waals surface area contributed by atoms with E-state index in [0.29, 0.717) is 0 Å². The van der Waals surface area contributed by atoms with Gasteiger partial charge in [0.15, 0.2) is 0 Å². The third-order valence-electron chi connectivity index (χ3n) is 1.71. The molecule has 2 aromatic rings. The zero-order valence-electron chi connectivity index (χ0n) is 7.24. The van der Waals surface area contributed by atoms with Gasteiger partial charge >= 0.3 is 1.43 Å². The summed E-state index contributed by atoms with van der Waals surface area (Å²) in [7, 11) is 0. The second-order valence-electron chi connectivity index (χ2n) is 2.59. The largest absolute Gasteiger partial charge is 1.00 e. The predicted octanol–water partition coefficient (Wildman–Crippen LogP) is 1.35. The number of aromatic nitrogens is 1. The van der Waals surface area contributed by atoms with Crippen molar-refractivity contribution >= 4 is 10.9 Å². The molecule has 0 spiro atoms. The van der Waals surface area contributed by atoms with E-state index in [2.05, 4.69) is 4.98 Å². The Morgan fingerprint density at radius 1 is 1.25 bits per heavy atom. The van der Waals surface area contributed by atoms with Crippen LogP contribution in [0, 0.1) is 0 Å². The molecule has 60 valence electrons. The number of hydrogen-bond donors (Lipinski definition) is 2. The zero-order valence-corrected chi connectivity index (χ0v) is 6.24. The average Bonchev–Trinajstić information content (AvgIpc) is 2.05. The minimum atomic E-state index is -0.131. The number of aromatic amines is 1. The Labute approximate surface area is 69.8 Å². The fourth-order valence-electron chi connectivity index (χ4n) is 1.14. The van der Waals surface area contributed by atoms with Gasteiger partial charge in [-0.15, -0.1) is 0 Å². The summed E-state index contributed by atoms with van der Waals surface area (Å²) in [6, 6.07) is 7.92. The van der Waals surface area contributed by atoms with Crippen molar-refractivity contribution in [3.63, 3.8) is 0 Å². The van der Waals surface area contributed by atoms with Gasteiger partial charge in [-0.25, -0.2) is 0 Å². The maximum Gasteiger partial charge on any atom is 1.00 e. The lowest BCUT2D eigenvalue weighted by Crippen LogP contribution is -2.01. The van der Waals surface area contributed by atoms with Gasteiger partial charge in [0, 0.05) is 17.0 Å². The molecule has 2 rings (SSSR count). The van der Waals surface area contributed by atoms with Crippen molar-refractivity contribution in [1.82, 2.24) is 4.98 Å². The molecule has 0 fully saturated rings. The third-order valence-corrected chi connectivity index (χ3v) is 1.71.